The third-order valence-corrected chi connectivity index (χ3v) is 4.55. The van der Waals surface area contributed by atoms with Gasteiger partial charge in [-0.15, -0.1) is 10.2 Å². The third kappa shape index (κ3) is 3.09. The smallest absolute Gasteiger partial charge is 0.149 e. The maximum atomic E-state index is 6.01. The average molecular weight is 347 g/mol. The van der Waals surface area contributed by atoms with Gasteiger partial charge in [0, 0.05) is 15.1 Å². The number of aromatic nitrogens is 2. The zero-order valence-electron chi connectivity index (χ0n) is 10.1. The van der Waals surface area contributed by atoms with E-state index in [0.29, 0.717) is 5.02 Å². The highest BCUT2D eigenvalue weighted by Crippen LogP contribution is 2.33. The SMILES string of the molecule is CCNC(C)c1nnc(-c2cc(Cl)ccc2Br)s1. The number of hydrogen-bond donors (Lipinski definition) is 1. The average Bonchev–Trinajstić information content (AvgIpc) is 2.82. The topological polar surface area (TPSA) is 37.8 Å². The summed E-state index contributed by atoms with van der Waals surface area (Å²) in [5, 5.41) is 14.3. The van der Waals surface area contributed by atoms with Crippen molar-refractivity contribution in [2.24, 2.45) is 0 Å². The molecular weight excluding hydrogens is 334 g/mol. The van der Waals surface area contributed by atoms with Gasteiger partial charge in [0.05, 0.1) is 6.04 Å². The van der Waals surface area contributed by atoms with Crippen LogP contribution in [0.4, 0.5) is 0 Å². The Kier molecular flexibility index (Phi) is 4.72. The quantitative estimate of drug-likeness (QED) is 0.897. The van der Waals surface area contributed by atoms with Crippen molar-refractivity contribution in [3.05, 3.63) is 32.7 Å². The lowest BCUT2D eigenvalue weighted by atomic mass is 10.2. The van der Waals surface area contributed by atoms with Gasteiger partial charge < -0.3 is 5.32 Å². The van der Waals surface area contributed by atoms with Gasteiger partial charge in [0.2, 0.25) is 0 Å². The molecule has 0 aliphatic rings. The molecule has 96 valence electrons. The number of rotatable bonds is 4. The number of halogens is 2. The van der Waals surface area contributed by atoms with Gasteiger partial charge in [0.25, 0.3) is 0 Å². The molecule has 0 saturated carbocycles. The maximum Gasteiger partial charge on any atom is 0.149 e. The Labute approximate surface area is 124 Å². The molecule has 6 heteroatoms. The molecule has 0 saturated heterocycles. The summed E-state index contributed by atoms with van der Waals surface area (Å²) >= 11 is 11.1. The Balaban J connectivity index is 2.32. The van der Waals surface area contributed by atoms with Gasteiger partial charge in [-0.3, -0.25) is 0 Å². The first-order valence-electron chi connectivity index (χ1n) is 5.64. The van der Waals surface area contributed by atoms with E-state index in [1.54, 1.807) is 11.3 Å². The zero-order valence-corrected chi connectivity index (χ0v) is 13.2. The fraction of sp³-hybridized carbons (Fsp3) is 0.333. The van der Waals surface area contributed by atoms with E-state index in [-0.39, 0.29) is 6.04 Å². The summed E-state index contributed by atoms with van der Waals surface area (Å²) < 4.78 is 0.978. The Bertz CT molecular complexity index is 544. The highest BCUT2D eigenvalue weighted by Gasteiger charge is 2.14. The van der Waals surface area contributed by atoms with Crippen LogP contribution in [0.1, 0.15) is 24.9 Å². The largest absolute Gasteiger partial charge is 0.308 e. The van der Waals surface area contributed by atoms with Crippen molar-refractivity contribution in [1.82, 2.24) is 15.5 Å². The van der Waals surface area contributed by atoms with Crippen LogP contribution in [-0.2, 0) is 0 Å². The van der Waals surface area contributed by atoms with E-state index in [4.69, 9.17) is 11.6 Å². The van der Waals surface area contributed by atoms with E-state index in [1.165, 1.54) is 0 Å². The summed E-state index contributed by atoms with van der Waals surface area (Å²) in [5.41, 5.74) is 0.981. The van der Waals surface area contributed by atoms with Gasteiger partial charge in [0.15, 0.2) is 0 Å². The molecule has 1 aromatic carbocycles. The zero-order chi connectivity index (χ0) is 13.1. The van der Waals surface area contributed by atoms with E-state index in [9.17, 15) is 0 Å². The van der Waals surface area contributed by atoms with Gasteiger partial charge >= 0.3 is 0 Å². The first-order valence-corrected chi connectivity index (χ1v) is 7.62. The first-order chi connectivity index (χ1) is 8.61. The van der Waals surface area contributed by atoms with E-state index >= 15 is 0 Å². The van der Waals surface area contributed by atoms with Crippen molar-refractivity contribution >= 4 is 38.9 Å². The summed E-state index contributed by atoms with van der Waals surface area (Å²) in [6.45, 7) is 5.07. The van der Waals surface area contributed by atoms with Gasteiger partial charge in [0.1, 0.15) is 10.0 Å². The van der Waals surface area contributed by atoms with Crippen molar-refractivity contribution < 1.29 is 0 Å². The van der Waals surface area contributed by atoms with Crippen molar-refractivity contribution in [3.63, 3.8) is 0 Å². The van der Waals surface area contributed by atoms with E-state index < -0.39 is 0 Å². The molecule has 1 unspecified atom stereocenters. The minimum Gasteiger partial charge on any atom is -0.308 e. The van der Waals surface area contributed by atoms with Crippen LogP contribution >= 0.6 is 38.9 Å². The van der Waals surface area contributed by atoms with E-state index in [1.807, 2.05) is 18.2 Å². The molecule has 18 heavy (non-hydrogen) atoms. The normalized spacial score (nSPS) is 12.7. The number of nitrogens with zero attached hydrogens (tertiary/aromatic N) is 2. The molecule has 0 spiro atoms. The lowest BCUT2D eigenvalue weighted by molar-refractivity contribution is 0.590. The molecule has 0 radical (unpaired) electrons. The highest BCUT2D eigenvalue weighted by atomic mass is 79.9. The minimum absolute atomic E-state index is 0.221. The standard InChI is InChI=1S/C12H13BrClN3S/c1-3-15-7(2)11-16-17-12(18-11)9-6-8(14)4-5-10(9)13/h4-7,15H,3H2,1-2H3. The van der Waals surface area contributed by atoms with Crippen molar-refractivity contribution in [3.8, 4) is 10.6 Å². The maximum absolute atomic E-state index is 6.01. The molecule has 2 rings (SSSR count). The predicted molar refractivity (Wildman–Crippen MR) is 80.1 cm³/mol. The second-order valence-corrected chi connectivity index (χ2v) is 6.15. The van der Waals surface area contributed by atoms with Crippen LogP contribution in [0.5, 0.6) is 0 Å². The van der Waals surface area contributed by atoms with Crippen LogP contribution in [0.15, 0.2) is 22.7 Å². The fourth-order valence-corrected chi connectivity index (χ4v) is 3.21. The summed E-state index contributed by atoms with van der Waals surface area (Å²) in [6, 6.07) is 5.89. The highest BCUT2D eigenvalue weighted by molar-refractivity contribution is 9.10. The molecule has 3 nitrogen and oxygen atoms in total. The molecule has 0 amide bonds. The van der Waals surface area contributed by atoms with Crippen LogP contribution < -0.4 is 5.32 Å². The van der Waals surface area contributed by atoms with Crippen molar-refractivity contribution in [2.75, 3.05) is 6.54 Å². The number of nitrogens with one attached hydrogen (secondary N) is 1. The van der Waals surface area contributed by atoms with Crippen molar-refractivity contribution in [2.45, 2.75) is 19.9 Å². The number of benzene rings is 1. The van der Waals surface area contributed by atoms with Crippen LogP contribution in [0, 0.1) is 0 Å². The monoisotopic (exact) mass is 345 g/mol. The lowest BCUT2D eigenvalue weighted by Crippen LogP contribution is -2.17. The summed E-state index contributed by atoms with van der Waals surface area (Å²) in [5.74, 6) is 0. The molecule has 0 bridgehead atoms. The Morgan fingerprint density at radius 2 is 2.22 bits per heavy atom. The molecular formula is C12H13BrClN3S. The molecule has 0 aliphatic carbocycles. The predicted octanol–water partition coefficient (Wildman–Crippen LogP) is 4.29. The number of hydrogen-bond acceptors (Lipinski definition) is 4. The molecule has 1 N–H and O–H groups in total. The lowest BCUT2D eigenvalue weighted by Gasteiger charge is -2.06. The summed E-state index contributed by atoms with van der Waals surface area (Å²) in [6.07, 6.45) is 0. The third-order valence-electron chi connectivity index (χ3n) is 2.48. The molecule has 1 aromatic heterocycles. The fourth-order valence-electron chi connectivity index (χ4n) is 1.57. The minimum atomic E-state index is 0.221. The van der Waals surface area contributed by atoms with Crippen LogP contribution in [0.3, 0.4) is 0 Å². The van der Waals surface area contributed by atoms with Crippen molar-refractivity contribution in [1.29, 1.82) is 0 Å². The van der Waals surface area contributed by atoms with Crippen LogP contribution in [0.25, 0.3) is 10.6 Å². The Morgan fingerprint density at radius 1 is 1.44 bits per heavy atom. The first kappa shape index (κ1) is 13.9. The van der Waals surface area contributed by atoms with Gasteiger partial charge in [-0.25, -0.2) is 0 Å². The second-order valence-electron chi connectivity index (χ2n) is 3.85. The molecule has 0 fully saturated rings. The van der Waals surface area contributed by atoms with Crippen LogP contribution in [-0.4, -0.2) is 16.7 Å². The molecule has 0 aliphatic heterocycles. The van der Waals surface area contributed by atoms with Gasteiger partial charge in [-0.2, -0.15) is 0 Å². The van der Waals surface area contributed by atoms with E-state index in [0.717, 1.165) is 26.6 Å². The van der Waals surface area contributed by atoms with Crippen LogP contribution in [0.2, 0.25) is 5.02 Å². The Morgan fingerprint density at radius 3 is 2.94 bits per heavy atom. The van der Waals surface area contributed by atoms with Gasteiger partial charge in [-0.05, 0) is 31.7 Å². The Hall–Kier alpha value is -0.490. The second kappa shape index (κ2) is 6.10. The molecule has 1 atom stereocenters. The van der Waals surface area contributed by atoms with E-state index in [2.05, 4.69) is 45.3 Å². The summed E-state index contributed by atoms with van der Waals surface area (Å²) in [7, 11) is 0. The summed E-state index contributed by atoms with van der Waals surface area (Å²) in [4.78, 5) is 0. The molecule has 2 aromatic rings. The molecule has 1 heterocycles. The van der Waals surface area contributed by atoms with Gasteiger partial charge in [-0.1, -0.05) is 45.8 Å².